The summed E-state index contributed by atoms with van der Waals surface area (Å²) in [7, 11) is 0. The summed E-state index contributed by atoms with van der Waals surface area (Å²) >= 11 is 7.26. The van der Waals surface area contributed by atoms with Crippen molar-refractivity contribution in [3.05, 3.63) is 39.1 Å². The Bertz CT molecular complexity index is 737. The van der Waals surface area contributed by atoms with Crippen molar-refractivity contribution in [3.8, 4) is 23.1 Å². The second kappa shape index (κ2) is 5.34. The number of aromatic amines is 1. The number of phenols is 1. The predicted octanol–water partition coefficient (Wildman–Crippen LogP) is 2.39. The minimum Gasteiger partial charge on any atom is -0.508 e. The van der Waals surface area contributed by atoms with Gasteiger partial charge in [-0.2, -0.15) is 5.26 Å². The van der Waals surface area contributed by atoms with Gasteiger partial charge in [0.25, 0.3) is 5.56 Å². The number of nitriles is 1. The van der Waals surface area contributed by atoms with Gasteiger partial charge in [0.1, 0.15) is 17.4 Å². The second-order valence-electron chi connectivity index (χ2n) is 3.57. The summed E-state index contributed by atoms with van der Waals surface area (Å²) in [5.41, 5.74) is 0.0180. The van der Waals surface area contributed by atoms with Gasteiger partial charge in [0.15, 0.2) is 5.16 Å². The normalized spacial score (nSPS) is 10.2. The number of rotatable bonds is 2. The van der Waals surface area contributed by atoms with Crippen molar-refractivity contribution in [2.75, 3.05) is 6.26 Å². The van der Waals surface area contributed by atoms with Gasteiger partial charge in [0.2, 0.25) is 0 Å². The summed E-state index contributed by atoms with van der Waals surface area (Å²) < 4.78 is 0. The van der Waals surface area contributed by atoms with Gasteiger partial charge in [0, 0.05) is 5.56 Å². The number of benzene rings is 1. The topological polar surface area (TPSA) is 89.8 Å². The summed E-state index contributed by atoms with van der Waals surface area (Å²) in [6.07, 6.45) is 1.76. The quantitative estimate of drug-likeness (QED) is 0.655. The third-order valence-electron chi connectivity index (χ3n) is 2.41. The summed E-state index contributed by atoms with van der Waals surface area (Å²) in [5, 5.41) is 19.0. The van der Waals surface area contributed by atoms with Gasteiger partial charge < -0.3 is 10.1 Å². The number of hydrogen-bond donors (Lipinski definition) is 2. The molecule has 0 spiro atoms. The highest BCUT2D eigenvalue weighted by molar-refractivity contribution is 7.98. The van der Waals surface area contributed by atoms with E-state index in [1.54, 1.807) is 6.26 Å². The number of halogens is 1. The number of phenolic OH excluding ortho intramolecular Hbond substituents is 1. The van der Waals surface area contributed by atoms with E-state index < -0.39 is 5.56 Å². The second-order valence-corrected chi connectivity index (χ2v) is 4.78. The van der Waals surface area contributed by atoms with E-state index in [1.165, 1.54) is 30.0 Å². The molecule has 0 aliphatic carbocycles. The molecule has 1 aromatic carbocycles. The molecule has 0 saturated heterocycles. The van der Waals surface area contributed by atoms with Gasteiger partial charge in [-0.25, -0.2) is 4.98 Å². The molecule has 0 saturated carbocycles. The number of thioether (sulfide) groups is 1. The number of H-pyrrole nitrogens is 1. The van der Waals surface area contributed by atoms with E-state index in [1.807, 2.05) is 6.07 Å². The van der Waals surface area contributed by atoms with Crippen LogP contribution in [0.4, 0.5) is 0 Å². The zero-order valence-corrected chi connectivity index (χ0v) is 11.3. The van der Waals surface area contributed by atoms with E-state index in [0.717, 1.165) is 0 Å². The third-order valence-corrected chi connectivity index (χ3v) is 3.30. The van der Waals surface area contributed by atoms with Crippen molar-refractivity contribution >= 4 is 23.4 Å². The number of aromatic hydroxyl groups is 1. The maximum Gasteiger partial charge on any atom is 0.270 e. The Morgan fingerprint density at radius 1 is 1.53 bits per heavy atom. The number of hydrogen-bond acceptors (Lipinski definition) is 5. The monoisotopic (exact) mass is 293 g/mol. The maximum atomic E-state index is 11.8. The first-order valence-electron chi connectivity index (χ1n) is 5.14. The highest BCUT2D eigenvalue weighted by atomic mass is 35.5. The Kier molecular flexibility index (Phi) is 3.79. The molecule has 2 N–H and O–H groups in total. The van der Waals surface area contributed by atoms with Crippen LogP contribution in [0.15, 0.2) is 28.2 Å². The minimum absolute atomic E-state index is 0.00203. The molecule has 1 aromatic heterocycles. The van der Waals surface area contributed by atoms with E-state index in [9.17, 15) is 9.90 Å². The molecule has 19 heavy (non-hydrogen) atoms. The van der Waals surface area contributed by atoms with Crippen molar-refractivity contribution < 1.29 is 5.11 Å². The van der Waals surface area contributed by atoms with Crippen molar-refractivity contribution in [1.29, 1.82) is 5.26 Å². The molecule has 0 bridgehead atoms. The van der Waals surface area contributed by atoms with Crippen molar-refractivity contribution in [3.63, 3.8) is 0 Å². The van der Waals surface area contributed by atoms with Crippen LogP contribution in [0.5, 0.6) is 5.75 Å². The Balaban J connectivity index is 2.77. The molecule has 0 unspecified atom stereocenters. The standard InChI is InChI=1S/C12H8ClN3O2S/c1-19-12-15-10(8(5-14)11(18)16-12)7-3-2-6(17)4-9(7)13/h2-4,17H,1H3,(H,15,16,18). The van der Waals surface area contributed by atoms with Crippen LogP contribution in [0.3, 0.4) is 0 Å². The van der Waals surface area contributed by atoms with Crippen LogP contribution in [0.1, 0.15) is 5.56 Å². The van der Waals surface area contributed by atoms with Gasteiger partial charge in [-0.15, -0.1) is 0 Å². The number of aromatic nitrogens is 2. The Hall–Kier alpha value is -1.97. The zero-order chi connectivity index (χ0) is 14.0. The van der Waals surface area contributed by atoms with E-state index in [2.05, 4.69) is 9.97 Å². The number of nitrogens with zero attached hydrogens (tertiary/aromatic N) is 2. The van der Waals surface area contributed by atoms with Crippen molar-refractivity contribution in [2.45, 2.75) is 5.16 Å². The molecule has 0 fully saturated rings. The van der Waals surface area contributed by atoms with E-state index >= 15 is 0 Å². The molecule has 96 valence electrons. The van der Waals surface area contributed by atoms with Gasteiger partial charge in [-0.1, -0.05) is 23.4 Å². The van der Waals surface area contributed by atoms with E-state index in [4.69, 9.17) is 16.9 Å². The first-order chi connectivity index (χ1) is 9.06. The van der Waals surface area contributed by atoms with Crippen LogP contribution in [0.25, 0.3) is 11.3 Å². The molecule has 7 heteroatoms. The third kappa shape index (κ3) is 2.57. The molecule has 2 rings (SSSR count). The molecule has 0 amide bonds. The fraction of sp³-hybridized carbons (Fsp3) is 0.0833. The highest BCUT2D eigenvalue weighted by Gasteiger charge is 2.15. The predicted molar refractivity (Wildman–Crippen MR) is 73.5 cm³/mol. The first kappa shape index (κ1) is 13.5. The van der Waals surface area contributed by atoms with Gasteiger partial charge in [-0.3, -0.25) is 4.79 Å². The van der Waals surface area contributed by atoms with Gasteiger partial charge in [0.05, 0.1) is 10.7 Å². The van der Waals surface area contributed by atoms with Gasteiger partial charge >= 0.3 is 0 Å². The lowest BCUT2D eigenvalue weighted by Crippen LogP contribution is -2.14. The molecule has 1 heterocycles. The van der Waals surface area contributed by atoms with Crippen molar-refractivity contribution in [1.82, 2.24) is 9.97 Å². The largest absolute Gasteiger partial charge is 0.508 e. The Labute approximate surface area is 117 Å². The Morgan fingerprint density at radius 2 is 2.26 bits per heavy atom. The summed E-state index contributed by atoms with van der Waals surface area (Å²) in [5.74, 6) is 0.00203. The zero-order valence-electron chi connectivity index (χ0n) is 9.77. The molecule has 5 nitrogen and oxygen atoms in total. The van der Waals surface area contributed by atoms with E-state index in [0.29, 0.717) is 10.7 Å². The van der Waals surface area contributed by atoms with Crippen LogP contribution in [-0.2, 0) is 0 Å². The number of nitrogens with one attached hydrogen (secondary N) is 1. The fourth-order valence-electron chi connectivity index (χ4n) is 1.54. The Morgan fingerprint density at radius 3 is 2.84 bits per heavy atom. The molecule has 0 aliphatic rings. The van der Waals surface area contributed by atoms with Crippen LogP contribution in [0.2, 0.25) is 5.02 Å². The molecule has 2 aromatic rings. The molecular weight excluding hydrogens is 286 g/mol. The lowest BCUT2D eigenvalue weighted by atomic mass is 10.1. The molecular formula is C12H8ClN3O2S. The van der Waals surface area contributed by atoms with Crippen LogP contribution in [-0.4, -0.2) is 21.3 Å². The summed E-state index contributed by atoms with van der Waals surface area (Å²) in [6.45, 7) is 0. The SMILES string of the molecule is CSc1nc(-c2ccc(O)cc2Cl)c(C#N)c(=O)[nH]1. The van der Waals surface area contributed by atoms with Gasteiger partial charge in [-0.05, 0) is 24.5 Å². The van der Waals surface area contributed by atoms with Crippen LogP contribution in [0, 0.1) is 11.3 Å². The first-order valence-corrected chi connectivity index (χ1v) is 6.74. The van der Waals surface area contributed by atoms with Crippen molar-refractivity contribution in [2.24, 2.45) is 0 Å². The van der Waals surface area contributed by atoms with E-state index in [-0.39, 0.29) is 22.0 Å². The summed E-state index contributed by atoms with van der Waals surface area (Å²) in [6, 6.07) is 6.09. The summed E-state index contributed by atoms with van der Waals surface area (Å²) in [4.78, 5) is 18.5. The average molecular weight is 294 g/mol. The van der Waals surface area contributed by atoms with Crippen LogP contribution < -0.4 is 5.56 Å². The lowest BCUT2D eigenvalue weighted by molar-refractivity contribution is 0.475. The molecule has 0 aliphatic heterocycles. The smallest absolute Gasteiger partial charge is 0.270 e. The maximum absolute atomic E-state index is 11.8. The lowest BCUT2D eigenvalue weighted by Gasteiger charge is -2.07. The molecule has 0 radical (unpaired) electrons. The highest BCUT2D eigenvalue weighted by Crippen LogP contribution is 2.31. The average Bonchev–Trinajstić information content (AvgIpc) is 2.37. The van der Waals surface area contributed by atoms with Crippen LogP contribution >= 0.6 is 23.4 Å². The minimum atomic E-state index is -0.513. The molecule has 0 atom stereocenters. The fourth-order valence-corrected chi connectivity index (χ4v) is 2.19.